The standard InChI is InChI=1S/C17H23N5O/c1-2-16-19-6-7-21(16)11-8-20-9-12-22(13-10-20)17(23)15-4-3-5-18-14-15/h3-7,14H,2,8-13H2,1H3. The number of nitrogens with zero attached hydrogens (tertiary/aromatic N) is 5. The van der Waals surface area contributed by atoms with Gasteiger partial charge in [-0.25, -0.2) is 4.98 Å². The van der Waals surface area contributed by atoms with Crippen LogP contribution in [-0.2, 0) is 13.0 Å². The highest BCUT2D eigenvalue weighted by atomic mass is 16.2. The van der Waals surface area contributed by atoms with E-state index in [4.69, 9.17) is 0 Å². The minimum Gasteiger partial charge on any atom is -0.336 e. The van der Waals surface area contributed by atoms with Gasteiger partial charge < -0.3 is 9.47 Å². The third kappa shape index (κ3) is 3.76. The zero-order chi connectivity index (χ0) is 16.1. The average Bonchev–Trinajstić information content (AvgIpc) is 3.08. The Labute approximate surface area is 136 Å². The number of carbonyl (C=O) groups excluding carboxylic acids is 1. The monoisotopic (exact) mass is 313 g/mol. The van der Waals surface area contributed by atoms with Crippen molar-refractivity contribution in [2.45, 2.75) is 19.9 Å². The van der Waals surface area contributed by atoms with Gasteiger partial charge in [0, 0.05) is 70.5 Å². The van der Waals surface area contributed by atoms with Gasteiger partial charge in [-0.05, 0) is 12.1 Å². The molecule has 0 N–H and O–H groups in total. The van der Waals surface area contributed by atoms with E-state index in [1.807, 2.05) is 23.4 Å². The van der Waals surface area contributed by atoms with Gasteiger partial charge in [-0.1, -0.05) is 6.92 Å². The lowest BCUT2D eigenvalue weighted by Crippen LogP contribution is -2.49. The van der Waals surface area contributed by atoms with Crippen LogP contribution in [0.1, 0.15) is 23.1 Å². The summed E-state index contributed by atoms with van der Waals surface area (Å²) in [5, 5.41) is 0. The summed E-state index contributed by atoms with van der Waals surface area (Å²) in [6, 6.07) is 3.63. The van der Waals surface area contributed by atoms with Crippen molar-refractivity contribution in [2.75, 3.05) is 32.7 Å². The molecule has 6 nitrogen and oxygen atoms in total. The number of imidazole rings is 1. The Morgan fingerprint density at radius 2 is 2.00 bits per heavy atom. The molecule has 0 aromatic carbocycles. The Balaban J connectivity index is 1.48. The maximum atomic E-state index is 12.4. The molecule has 2 aromatic rings. The first-order valence-electron chi connectivity index (χ1n) is 8.19. The molecule has 6 heteroatoms. The topological polar surface area (TPSA) is 54.3 Å². The van der Waals surface area contributed by atoms with Crippen molar-refractivity contribution in [1.29, 1.82) is 0 Å². The van der Waals surface area contributed by atoms with Gasteiger partial charge in [0.2, 0.25) is 0 Å². The highest BCUT2D eigenvalue weighted by Gasteiger charge is 2.22. The number of carbonyl (C=O) groups is 1. The Hall–Kier alpha value is -2.21. The fraction of sp³-hybridized carbons (Fsp3) is 0.471. The summed E-state index contributed by atoms with van der Waals surface area (Å²) in [5.74, 6) is 1.22. The first-order chi connectivity index (χ1) is 11.3. The maximum Gasteiger partial charge on any atom is 0.255 e. The number of piperazine rings is 1. The molecule has 23 heavy (non-hydrogen) atoms. The molecule has 3 rings (SSSR count). The lowest BCUT2D eigenvalue weighted by molar-refractivity contribution is 0.0632. The molecule has 0 saturated carbocycles. The van der Waals surface area contributed by atoms with Gasteiger partial charge in [0.25, 0.3) is 5.91 Å². The van der Waals surface area contributed by atoms with Crippen LogP contribution in [0.15, 0.2) is 36.9 Å². The minimum absolute atomic E-state index is 0.0839. The predicted octanol–water partition coefficient (Wildman–Crippen LogP) is 1.30. The number of hydrogen-bond donors (Lipinski definition) is 0. The van der Waals surface area contributed by atoms with E-state index in [9.17, 15) is 4.79 Å². The molecule has 2 aromatic heterocycles. The van der Waals surface area contributed by atoms with Gasteiger partial charge in [-0.15, -0.1) is 0 Å². The van der Waals surface area contributed by atoms with Crippen LogP contribution >= 0.6 is 0 Å². The van der Waals surface area contributed by atoms with Gasteiger partial charge in [0.1, 0.15) is 5.82 Å². The maximum absolute atomic E-state index is 12.4. The van der Waals surface area contributed by atoms with E-state index in [1.54, 1.807) is 18.5 Å². The van der Waals surface area contributed by atoms with Gasteiger partial charge in [-0.2, -0.15) is 0 Å². The van der Waals surface area contributed by atoms with Crippen LogP contribution in [0.4, 0.5) is 0 Å². The Bertz CT molecular complexity index is 631. The smallest absolute Gasteiger partial charge is 0.255 e. The van der Waals surface area contributed by atoms with Crippen LogP contribution in [0.5, 0.6) is 0 Å². The number of aromatic nitrogens is 3. The van der Waals surface area contributed by atoms with E-state index < -0.39 is 0 Å². The summed E-state index contributed by atoms with van der Waals surface area (Å²) < 4.78 is 2.22. The molecular weight excluding hydrogens is 290 g/mol. The zero-order valence-corrected chi connectivity index (χ0v) is 13.6. The number of rotatable bonds is 5. The van der Waals surface area contributed by atoms with Crippen molar-refractivity contribution < 1.29 is 4.79 Å². The van der Waals surface area contributed by atoms with Crippen molar-refractivity contribution in [3.8, 4) is 0 Å². The molecule has 3 heterocycles. The molecule has 0 unspecified atom stereocenters. The second-order valence-electron chi connectivity index (χ2n) is 5.77. The first kappa shape index (κ1) is 15.7. The highest BCUT2D eigenvalue weighted by Crippen LogP contribution is 2.08. The third-order valence-electron chi connectivity index (χ3n) is 4.34. The van der Waals surface area contributed by atoms with E-state index in [2.05, 4.69) is 26.4 Å². The van der Waals surface area contributed by atoms with Gasteiger partial charge in [0.15, 0.2) is 0 Å². The highest BCUT2D eigenvalue weighted by molar-refractivity contribution is 5.93. The van der Waals surface area contributed by atoms with Crippen LogP contribution < -0.4 is 0 Å². The van der Waals surface area contributed by atoms with Crippen LogP contribution in [-0.4, -0.2) is 63.0 Å². The largest absolute Gasteiger partial charge is 0.336 e. The molecule has 1 aliphatic heterocycles. The summed E-state index contributed by atoms with van der Waals surface area (Å²) in [6.07, 6.45) is 8.19. The molecule has 0 aliphatic carbocycles. The fourth-order valence-electron chi connectivity index (χ4n) is 2.95. The second-order valence-corrected chi connectivity index (χ2v) is 5.77. The molecule has 0 bridgehead atoms. The van der Waals surface area contributed by atoms with Crippen molar-refractivity contribution in [2.24, 2.45) is 0 Å². The summed E-state index contributed by atoms with van der Waals surface area (Å²) in [6.45, 7) is 7.47. The van der Waals surface area contributed by atoms with E-state index in [-0.39, 0.29) is 5.91 Å². The van der Waals surface area contributed by atoms with Crippen molar-refractivity contribution >= 4 is 5.91 Å². The van der Waals surface area contributed by atoms with Crippen molar-refractivity contribution in [1.82, 2.24) is 24.3 Å². The second kappa shape index (κ2) is 7.37. The molecular formula is C17H23N5O. The molecule has 1 fully saturated rings. The molecule has 1 saturated heterocycles. The first-order valence-corrected chi connectivity index (χ1v) is 8.19. The molecule has 0 atom stereocenters. The number of amides is 1. The number of hydrogen-bond acceptors (Lipinski definition) is 4. The van der Waals surface area contributed by atoms with Crippen molar-refractivity contribution in [3.63, 3.8) is 0 Å². The average molecular weight is 313 g/mol. The predicted molar refractivity (Wildman–Crippen MR) is 88.2 cm³/mol. The Morgan fingerprint density at radius 1 is 1.17 bits per heavy atom. The van der Waals surface area contributed by atoms with Gasteiger partial charge in [-0.3, -0.25) is 14.7 Å². The SMILES string of the molecule is CCc1nccn1CCN1CCN(C(=O)c2cccnc2)CC1. The molecule has 122 valence electrons. The van der Waals surface area contributed by atoms with E-state index >= 15 is 0 Å². The molecule has 0 spiro atoms. The van der Waals surface area contributed by atoms with Crippen LogP contribution in [0.25, 0.3) is 0 Å². The number of aryl methyl sites for hydroxylation is 1. The third-order valence-corrected chi connectivity index (χ3v) is 4.34. The van der Waals surface area contributed by atoms with Crippen LogP contribution in [0.2, 0.25) is 0 Å². The summed E-state index contributed by atoms with van der Waals surface area (Å²) >= 11 is 0. The van der Waals surface area contributed by atoms with E-state index in [0.717, 1.165) is 51.5 Å². The summed E-state index contributed by atoms with van der Waals surface area (Å²) in [5.41, 5.74) is 0.673. The van der Waals surface area contributed by atoms with Gasteiger partial charge in [0.05, 0.1) is 5.56 Å². The Kier molecular flexibility index (Phi) is 5.02. The van der Waals surface area contributed by atoms with Crippen molar-refractivity contribution in [3.05, 3.63) is 48.3 Å². The summed E-state index contributed by atoms with van der Waals surface area (Å²) in [7, 11) is 0. The molecule has 1 amide bonds. The molecule has 0 radical (unpaired) electrons. The Morgan fingerprint density at radius 3 is 2.70 bits per heavy atom. The van der Waals surface area contributed by atoms with E-state index in [1.165, 1.54) is 0 Å². The lowest BCUT2D eigenvalue weighted by Gasteiger charge is -2.34. The van der Waals surface area contributed by atoms with E-state index in [0.29, 0.717) is 5.56 Å². The normalized spacial score (nSPS) is 15.8. The lowest BCUT2D eigenvalue weighted by atomic mass is 10.2. The van der Waals surface area contributed by atoms with Gasteiger partial charge >= 0.3 is 0 Å². The fourth-order valence-corrected chi connectivity index (χ4v) is 2.95. The molecule has 1 aliphatic rings. The van der Waals surface area contributed by atoms with Crippen LogP contribution in [0, 0.1) is 0 Å². The summed E-state index contributed by atoms with van der Waals surface area (Å²) in [4.78, 5) is 25.1. The quantitative estimate of drug-likeness (QED) is 0.835. The number of pyridine rings is 1. The minimum atomic E-state index is 0.0839. The van der Waals surface area contributed by atoms with Crippen LogP contribution in [0.3, 0.4) is 0 Å². The zero-order valence-electron chi connectivity index (χ0n) is 13.6.